The number of aromatic nitrogens is 2. The van der Waals surface area contributed by atoms with Gasteiger partial charge in [-0.15, -0.1) is 0 Å². The van der Waals surface area contributed by atoms with Crippen molar-refractivity contribution in [3.8, 4) is 5.75 Å². The molecule has 0 spiro atoms. The molecular weight excluding hydrogens is 300 g/mol. The van der Waals surface area contributed by atoms with Crippen molar-refractivity contribution in [1.82, 2.24) is 4.98 Å². The summed E-state index contributed by atoms with van der Waals surface area (Å²) < 4.78 is 13.3. The summed E-state index contributed by atoms with van der Waals surface area (Å²) in [6.45, 7) is 3.61. The quantitative estimate of drug-likeness (QED) is 0.737. The molecule has 4 rings (SSSR count). The molecule has 4 nitrogen and oxygen atoms in total. The number of aryl methyl sites for hydroxylation is 1. The fourth-order valence-electron chi connectivity index (χ4n) is 3.01. The second-order valence-corrected chi connectivity index (χ2v) is 5.91. The van der Waals surface area contributed by atoms with Crippen LogP contribution in [0.1, 0.15) is 17.0 Å². The molecular formula is C17H16ClN2O2+. The van der Waals surface area contributed by atoms with Gasteiger partial charge in [-0.25, -0.2) is 9.55 Å². The minimum Gasteiger partial charge on any atom is -0.467 e. The van der Waals surface area contributed by atoms with Gasteiger partial charge in [0.05, 0.1) is 6.61 Å². The first-order valence-electron chi connectivity index (χ1n) is 7.21. The highest BCUT2D eigenvalue weighted by Gasteiger charge is 2.21. The zero-order valence-electron chi connectivity index (χ0n) is 12.2. The number of fused-ring (bicyclic) bond motifs is 2. The number of nitrogens with one attached hydrogen (secondary N) is 1. The number of H-pyrrole nitrogens is 1. The zero-order valence-corrected chi connectivity index (χ0v) is 13.0. The Hall–Kier alpha value is -2.04. The molecule has 0 radical (unpaired) electrons. The van der Waals surface area contributed by atoms with E-state index in [0.717, 1.165) is 28.2 Å². The lowest BCUT2D eigenvalue weighted by Gasteiger charge is -2.20. The van der Waals surface area contributed by atoms with E-state index in [9.17, 15) is 0 Å². The molecule has 0 saturated carbocycles. The van der Waals surface area contributed by atoms with E-state index < -0.39 is 0 Å². The molecule has 112 valence electrons. The molecule has 0 unspecified atom stereocenters. The van der Waals surface area contributed by atoms with Gasteiger partial charge in [-0.3, -0.25) is 0 Å². The molecule has 0 bridgehead atoms. The van der Waals surface area contributed by atoms with Crippen molar-refractivity contribution in [2.75, 3.05) is 6.79 Å². The average molecular weight is 316 g/mol. The summed E-state index contributed by atoms with van der Waals surface area (Å²) in [7, 11) is 0. The Morgan fingerprint density at radius 2 is 2.14 bits per heavy atom. The summed E-state index contributed by atoms with van der Waals surface area (Å²) in [4.78, 5) is 3.41. The Bertz CT molecular complexity index is 857. The largest absolute Gasteiger partial charge is 0.467 e. The normalized spacial score (nSPS) is 13.9. The predicted molar refractivity (Wildman–Crippen MR) is 84.1 cm³/mol. The summed E-state index contributed by atoms with van der Waals surface area (Å²) in [5.74, 6) is 2.00. The molecule has 2 heterocycles. The van der Waals surface area contributed by atoms with Crippen LogP contribution in [0.15, 0.2) is 36.4 Å². The molecule has 5 heteroatoms. The Balaban J connectivity index is 1.83. The number of halogens is 1. The first-order valence-corrected chi connectivity index (χ1v) is 7.59. The van der Waals surface area contributed by atoms with Gasteiger partial charge in [-0.1, -0.05) is 23.7 Å². The van der Waals surface area contributed by atoms with Crippen LogP contribution in [0.4, 0.5) is 0 Å². The lowest BCUT2D eigenvalue weighted by Crippen LogP contribution is -2.36. The Labute approximate surface area is 133 Å². The van der Waals surface area contributed by atoms with Crippen LogP contribution in [0.2, 0.25) is 5.02 Å². The van der Waals surface area contributed by atoms with E-state index in [1.165, 1.54) is 5.52 Å². The molecule has 1 aromatic heterocycles. The minimum atomic E-state index is 0.291. The average Bonchev–Trinajstić information content (AvgIpc) is 2.83. The summed E-state index contributed by atoms with van der Waals surface area (Å²) in [6.07, 6.45) is 0. The molecule has 2 aromatic carbocycles. The molecule has 22 heavy (non-hydrogen) atoms. The SMILES string of the molecule is Cc1[nH]c2ccccc2[n+]1Cc1cc(Cl)cc2c1OCOC2. The van der Waals surface area contributed by atoms with Gasteiger partial charge in [0, 0.05) is 23.1 Å². The van der Waals surface area contributed by atoms with Crippen LogP contribution in [-0.4, -0.2) is 11.8 Å². The highest BCUT2D eigenvalue weighted by atomic mass is 35.5. The van der Waals surface area contributed by atoms with Gasteiger partial charge in [0.1, 0.15) is 12.3 Å². The maximum atomic E-state index is 6.25. The van der Waals surface area contributed by atoms with E-state index in [4.69, 9.17) is 21.1 Å². The number of hydrogen-bond donors (Lipinski definition) is 1. The van der Waals surface area contributed by atoms with E-state index >= 15 is 0 Å². The number of rotatable bonds is 2. The molecule has 0 atom stereocenters. The van der Waals surface area contributed by atoms with Crippen LogP contribution in [-0.2, 0) is 17.9 Å². The first-order chi connectivity index (χ1) is 10.7. The van der Waals surface area contributed by atoms with Gasteiger partial charge in [0.25, 0.3) is 5.82 Å². The number of nitrogens with zero attached hydrogens (tertiary/aromatic N) is 1. The molecule has 0 saturated heterocycles. The number of benzene rings is 2. The first kappa shape index (κ1) is 13.6. The van der Waals surface area contributed by atoms with E-state index in [1.807, 2.05) is 24.3 Å². The Kier molecular flexibility index (Phi) is 3.28. The van der Waals surface area contributed by atoms with Crippen molar-refractivity contribution < 1.29 is 14.0 Å². The third-order valence-corrected chi connectivity index (χ3v) is 4.21. The fourth-order valence-corrected chi connectivity index (χ4v) is 3.27. The third-order valence-electron chi connectivity index (χ3n) is 4.00. The molecule has 0 aliphatic carbocycles. The maximum absolute atomic E-state index is 6.25. The highest BCUT2D eigenvalue weighted by molar-refractivity contribution is 6.30. The van der Waals surface area contributed by atoms with Crippen molar-refractivity contribution in [2.24, 2.45) is 0 Å². The van der Waals surface area contributed by atoms with Crippen molar-refractivity contribution >= 4 is 22.6 Å². The van der Waals surface area contributed by atoms with Crippen LogP contribution in [0, 0.1) is 6.92 Å². The monoisotopic (exact) mass is 315 g/mol. The number of imidazole rings is 1. The maximum Gasteiger partial charge on any atom is 0.252 e. The Morgan fingerprint density at radius 3 is 3.05 bits per heavy atom. The summed E-state index contributed by atoms with van der Waals surface area (Å²) in [5, 5.41) is 0.709. The summed E-state index contributed by atoms with van der Waals surface area (Å²) in [6, 6.07) is 12.1. The molecule has 0 amide bonds. The standard InChI is InChI=1S/C17H15ClN2O2/c1-11-19-15-4-2-3-5-16(15)20(11)8-12-6-14(18)7-13-9-21-10-22-17(12)13/h2-7H,8-10H2,1H3/p+1. The molecule has 3 aromatic rings. The summed E-state index contributed by atoms with van der Waals surface area (Å²) in [5.41, 5.74) is 4.37. The smallest absolute Gasteiger partial charge is 0.252 e. The highest BCUT2D eigenvalue weighted by Crippen LogP contribution is 2.31. The van der Waals surface area contributed by atoms with Crippen molar-refractivity contribution in [3.63, 3.8) is 0 Å². The number of aromatic amines is 1. The van der Waals surface area contributed by atoms with Crippen LogP contribution < -0.4 is 9.30 Å². The van der Waals surface area contributed by atoms with Crippen molar-refractivity contribution in [1.29, 1.82) is 0 Å². The topological polar surface area (TPSA) is 38.1 Å². The van der Waals surface area contributed by atoms with Gasteiger partial charge in [0.15, 0.2) is 17.8 Å². The van der Waals surface area contributed by atoms with Gasteiger partial charge >= 0.3 is 0 Å². The van der Waals surface area contributed by atoms with Crippen molar-refractivity contribution in [2.45, 2.75) is 20.1 Å². The van der Waals surface area contributed by atoms with Gasteiger partial charge < -0.3 is 9.47 Å². The summed E-state index contributed by atoms with van der Waals surface area (Å²) >= 11 is 6.25. The molecule has 0 fully saturated rings. The van der Waals surface area contributed by atoms with E-state index in [2.05, 4.69) is 28.6 Å². The van der Waals surface area contributed by atoms with E-state index in [1.54, 1.807) is 0 Å². The molecule has 1 N–H and O–H groups in total. The lowest BCUT2D eigenvalue weighted by molar-refractivity contribution is -0.668. The van der Waals surface area contributed by atoms with E-state index in [0.29, 0.717) is 25.0 Å². The van der Waals surface area contributed by atoms with Crippen LogP contribution in [0.5, 0.6) is 5.75 Å². The van der Waals surface area contributed by atoms with Crippen molar-refractivity contribution in [3.05, 3.63) is 58.4 Å². The lowest BCUT2D eigenvalue weighted by atomic mass is 10.1. The predicted octanol–water partition coefficient (Wildman–Crippen LogP) is 3.33. The van der Waals surface area contributed by atoms with E-state index in [-0.39, 0.29) is 0 Å². The minimum absolute atomic E-state index is 0.291. The van der Waals surface area contributed by atoms with Gasteiger partial charge in [-0.2, -0.15) is 0 Å². The third kappa shape index (κ3) is 2.25. The zero-order chi connectivity index (χ0) is 15.1. The molecule has 1 aliphatic rings. The van der Waals surface area contributed by atoms with Gasteiger partial charge in [0.2, 0.25) is 0 Å². The number of para-hydroxylation sites is 2. The second kappa shape index (κ2) is 5.30. The Morgan fingerprint density at radius 1 is 1.27 bits per heavy atom. The fraction of sp³-hybridized carbons (Fsp3) is 0.235. The van der Waals surface area contributed by atoms with Crippen LogP contribution in [0.3, 0.4) is 0 Å². The van der Waals surface area contributed by atoms with Gasteiger partial charge in [-0.05, 0) is 24.3 Å². The van der Waals surface area contributed by atoms with Crippen LogP contribution in [0.25, 0.3) is 11.0 Å². The van der Waals surface area contributed by atoms with Crippen LogP contribution >= 0.6 is 11.6 Å². The number of hydrogen-bond acceptors (Lipinski definition) is 2. The second-order valence-electron chi connectivity index (χ2n) is 5.48. The number of ether oxygens (including phenoxy) is 2. The molecule has 1 aliphatic heterocycles.